The minimum Gasteiger partial charge on any atom is -0.331 e. The molecule has 1 aliphatic rings. The summed E-state index contributed by atoms with van der Waals surface area (Å²) in [4.78, 5) is 19.6. The molecule has 1 fully saturated rings. The van der Waals surface area contributed by atoms with Gasteiger partial charge in [0.15, 0.2) is 0 Å². The summed E-state index contributed by atoms with van der Waals surface area (Å²) in [6, 6.07) is 14.1. The number of benzene rings is 2. The minimum absolute atomic E-state index is 0.217. The lowest BCUT2D eigenvalue weighted by Gasteiger charge is -2.30. The Kier molecular flexibility index (Phi) is 6.56. The number of nitrogens with zero attached hydrogens (tertiary/aromatic N) is 3. The maximum Gasteiger partial charge on any atom is 0.319 e. The van der Waals surface area contributed by atoms with E-state index in [1.807, 2.05) is 23.7 Å². The highest BCUT2D eigenvalue weighted by molar-refractivity contribution is 5.89. The molecule has 0 unspecified atom stereocenters. The lowest BCUT2D eigenvalue weighted by atomic mass is 9.99. The first-order valence-electron chi connectivity index (χ1n) is 11.3. The molecule has 0 bridgehead atoms. The van der Waals surface area contributed by atoms with Gasteiger partial charge in [0.1, 0.15) is 5.82 Å². The number of hydrogen-bond donors (Lipinski definition) is 2. The summed E-state index contributed by atoms with van der Waals surface area (Å²) in [7, 11) is 1.98. The second kappa shape index (κ2) is 9.52. The third-order valence-corrected chi connectivity index (χ3v) is 6.31. The Bertz CT molecular complexity index is 1050. The van der Waals surface area contributed by atoms with E-state index in [1.54, 1.807) is 0 Å². The predicted octanol–water partition coefficient (Wildman–Crippen LogP) is 4.48. The van der Waals surface area contributed by atoms with E-state index in [4.69, 9.17) is 0 Å². The van der Waals surface area contributed by atoms with Crippen LogP contribution in [0.5, 0.6) is 0 Å². The molecule has 2 N–H and O–H groups in total. The van der Waals surface area contributed by atoms with E-state index in [-0.39, 0.29) is 6.03 Å². The van der Waals surface area contributed by atoms with Crippen LogP contribution in [-0.4, -0.2) is 40.1 Å². The Labute approximate surface area is 184 Å². The number of anilines is 1. The van der Waals surface area contributed by atoms with Gasteiger partial charge >= 0.3 is 6.03 Å². The molecule has 2 aromatic carbocycles. The van der Waals surface area contributed by atoms with Crippen LogP contribution in [0.3, 0.4) is 0 Å². The first-order chi connectivity index (χ1) is 15.0. The molecule has 3 aromatic rings. The molecule has 1 saturated heterocycles. The lowest BCUT2D eigenvalue weighted by molar-refractivity contribution is 0.194. The van der Waals surface area contributed by atoms with Crippen LogP contribution in [0.25, 0.3) is 11.0 Å². The Balaban J connectivity index is 1.29. The van der Waals surface area contributed by atoms with E-state index in [1.165, 1.54) is 37.1 Å². The summed E-state index contributed by atoms with van der Waals surface area (Å²) in [5.41, 5.74) is 5.27. The fourth-order valence-corrected chi connectivity index (χ4v) is 4.23. The molecule has 0 spiro atoms. The number of amides is 2. The fourth-order valence-electron chi connectivity index (χ4n) is 4.23. The van der Waals surface area contributed by atoms with Crippen molar-refractivity contribution in [3.63, 3.8) is 0 Å². The molecule has 0 aliphatic carbocycles. The molecule has 164 valence electrons. The van der Waals surface area contributed by atoms with Crippen molar-refractivity contribution in [3.05, 3.63) is 59.4 Å². The maximum absolute atomic E-state index is 12.4. The van der Waals surface area contributed by atoms with Gasteiger partial charge in [-0.15, -0.1) is 0 Å². The highest BCUT2D eigenvalue weighted by Crippen LogP contribution is 2.18. The summed E-state index contributed by atoms with van der Waals surface area (Å²) in [5, 5.41) is 5.89. The quantitative estimate of drug-likeness (QED) is 0.619. The third-order valence-electron chi connectivity index (χ3n) is 6.31. The van der Waals surface area contributed by atoms with Gasteiger partial charge in [0.05, 0.1) is 17.6 Å². The van der Waals surface area contributed by atoms with Gasteiger partial charge in [-0.3, -0.25) is 0 Å². The zero-order valence-corrected chi connectivity index (χ0v) is 18.8. The number of carbonyl (C=O) groups excluding carboxylic acids is 1. The number of rotatable bonds is 6. The molecule has 1 aromatic heterocycles. The van der Waals surface area contributed by atoms with Gasteiger partial charge in [0.2, 0.25) is 0 Å². The minimum atomic E-state index is -0.217. The number of fused-ring (bicyclic) bond motifs is 1. The molecule has 2 amide bonds. The van der Waals surface area contributed by atoms with Gasteiger partial charge in [-0.05, 0) is 80.6 Å². The van der Waals surface area contributed by atoms with Crippen LogP contribution in [-0.2, 0) is 20.0 Å². The van der Waals surface area contributed by atoms with E-state index >= 15 is 0 Å². The number of piperidine rings is 1. The highest BCUT2D eigenvalue weighted by atomic mass is 16.2. The van der Waals surface area contributed by atoms with Crippen molar-refractivity contribution < 1.29 is 4.79 Å². The van der Waals surface area contributed by atoms with Gasteiger partial charge in [0, 0.05) is 19.3 Å². The second-order valence-corrected chi connectivity index (χ2v) is 8.86. The molecular weight excluding hydrogens is 386 g/mol. The van der Waals surface area contributed by atoms with E-state index in [2.05, 4.69) is 64.7 Å². The van der Waals surface area contributed by atoms with Crippen LogP contribution < -0.4 is 10.6 Å². The van der Waals surface area contributed by atoms with Crippen molar-refractivity contribution in [2.75, 3.05) is 25.0 Å². The first-order valence-corrected chi connectivity index (χ1v) is 11.3. The van der Waals surface area contributed by atoms with Gasteiger partial charge in [-0.25, -0.2) is 9.78 Å². The average Bonchev–Trinajstić information content (AvgIpc) is 3.07. The maximum atomic E-state index is 12.4. The Hall–Kier alpha value is -2.86. The molecular formula is C25H33N5O. The largest absolute Gasteiger partial charge is 0.331 e. The number of hydrogen-bond acceptors (Lipinski definition) is 3. The number of urea groups is 1. The molecule has 6 heteroatoms. The van der Waals surface area contributed by atoms with Crippen molar-refractivity contribution in [2.45, 2.75) is 39.7 Å². The SMILES string of the molecule is Cc1ccc2c(c1)nc(CNC(=O)Nc1cccc(CCN3CCC(C)CC3)c1)n2C. The number of aryl methyl sites for hydroxylation is 2. The van der Waals surface area contributed by atoms with Crippen LogP contribution in [0.1, 0.15) is 36.7 Å². The normalized spacial score (nSPS) is 15.3. The molecule has 0 atom stereocenters. The van der Waals surface area contributed by atoms with Gasteiger partial charge in [-0.2, -0.15) is 0 Å². The summed E-state index contributed by atoms with van der Waals surface area (Å²) in [5.74, 6) is 1.69. The lowest BCUT2D eigenvalue weighted by Crippen LogP contribution is -2.34. The number of likely N-dealkylation sites (tertiary alicyclic amines) is 1. The Morgan fingerprint density at radius 1 is 1.16 bits per heavy atom. The van der Waals surface area contributed by atoms with Gasteiger partial charge < -0.3 is 20.1 Å². The fraction of sp³-hybridized carbons (Fsp3) is 0.440. The number of carbonyl (C=O) groups is 1. The molecule has 0 saturated carbocycles. The Morgan fingerprint density at radius 2 is 1.97 bits per heavy atom. The number of nitrogens with one attached hydrogen (secondary N) is 2. The number of aromatic nitrogens is 2. The molecule has 0 radical (unpaired) electrons. The van der Waals surface area contributed by atoms with Gasteiger partial charge in [-0.1, -0.05) is 25.1 Å². The number of imidazole rings is 1. The molecule has 1 aliphatic heterocycles. The van der Waals surface area contributed by atoms with Crippen molar-refractivity contribution >= 4 is 22.8 Å². The van der Waals surface area contributed by atoms with Crippen LogP contribution in [0.15, 0.2) is 42.5 Å². The van der Waals surface area contributed by atoms with Crippen molar-refractivity contribution in [1.82, 2.24) is 19.8 Å². The zero-order valence-electron chi connectivity index (χ0n) is 18.8. The standard InChI is InChI=1S/C25H33N5O/c1-18-9-12-30(13-10-18)14-11-20-5-4-6-21(16-20)27-25(31)26-17-24-28-22-15-19(2)7-8-23(22)29(24)3/h4-8,15-16,18H,9-14,17H2,1-3H3,(H2,26,27,31). The van der Waals surface area contributed by atoms with Crippen molar-refractivity contribution in [3.8, 4) is 0 Å². The Morgan fingerprint density at radius 3 is 2.77 bits per heavy atom. The average molecular weight is 420 g/mol. The van der Waals surface area contributed by atoms with E-state index in [0.717, 1.165) is 41.4 Å². The van der Waals surface area contributed by atoms with E-state index < -0.39 is 0 Å². The smallest absolute Gasteiger partial charge is 0.319 e. The second-order valence-electron chi connectivity index (χ2n) is 8.86. The van der Waals surface area contributed by atoms with Crippen molar-refractivity contribution in [1.29, 1.82) is 0 Å². The monoisotopic (exact) mass is 419 g/mol. The molecule has 6 nitrogen and oxygen atoms in total. The summed E-state index contributed by atoms with van der Waals surface area (Å²) < 4.78 is 2.02. The van der Waals surface area contributed by atoms with Crippen LogP contribution in [0.2, 0.25) is 0 Å². The summed E-state index contributed by atoms with van der Waals surface area (Å²) in [6.45, 7) is 8.25. The summed E-state index contributed by atoms with van der Waals surface area (Å²) in [6.07, 6.45) is 3.60. The molecule has 4 rings (SSSR count). The molecule has 31 heavy (non-hydrogen) atoms. The summed E-state index contributed by atoms with van der Waals surface area (Å²) >= 11 is 0. The predicted molar refractivity (Wildman–Crippen MR) is 126 cm³/mol. The van der Waals surface area contributed by atoms with Crippen LogP contribution in [0.4, 0.5) is 10.5 Å². The first kappa shape index (κ1) is 21.4. The molecule has 2 heterocycles. The zero-order chi connectivity index (χ0) is 21.8. The van der Waals surface area contributed by atoms with Crippen LogP contribution >= 0.6 is 0 Å². The van der Waals surface area contributed by atoms with E-state index in [0.29, 0.717) is 6.54 Å². The van der Waals surface area contributed by atoms with E-state index in [9.17, 15) is 4.79 Å². The van der Waals surface area contributed by atoms with Gasteiger partial charge in [0.25, 0.3) is 0 Å². The topological polar surface area (TPSA) is 62.2 Å². The van der Waals surface area contributed by atoms with Crippen LogP contribution in [0, 0.1) is 12.8 Å². The highest BCUT2D eigenvalue weighted by Gasteiger charge is 2.15. The third kappa shape index (κ3) is 5.44. The van der Waals surface area contributed by atoms with Crippen molar-refractivity contribution in [2.24, 2.45) is 13.0 Å².